The molecular formula is C15H22N2O3. The number of rotatable bonds is 4. The molecule has 2 N–H and O–H groups in total. The first-order valence-electron chi connectivity index (χ1n) is 6.59. The summed E-state index contributed by atoms with van der Waals surface area (Å²) in [6, 6.07) is 7.79. The number of hydrogen-bond acceptors (Lipinski definition) is 4. The Morgan fingerprint density at radius 3 is 2.25 bits per heavy atom. The summed E-state index contributed by atoms with van der Waals surface area (Å²) in [6.45, 7) is 7.49. The molecule has 0 saturated heterocycles. The van der Waals surface area contributed by atoms with Gasteiger partial charge in [-0.25, -0.2) is 10.6 Å². The third-order valence-corrected chi connectivity index (χ3v) is 2.86. The molecule has 110 valence electrons. The zero-order chi connectivity index (χ0) is 15.3. The minimum atomic E-state index is -0.838. The summed E-state index contributed by atoms with van der Waals surface area (Å²) in [5.41, 5.74) is -0.0839. The van der Waals surface area contributed by atoms with Gasteiger partial charge in [-0.3, -0.25) is 9.80 Å². The highest BCUT2D eigenvalue weighted by Crippen LogP contribution is 2.25. The predicted molar refractivity (Wildman–Crippen MR) is 76.7 cm³/mol. The van der Waals surface area contributed by atoms with Crippen LogP contribution in [0.2, 0.25) is 0 Å². The summed E-state index contributed by atoms with van der Waals surface area (Å²) in [4.78, 5) is 24.4. The predicted octanol–water partition coefficient (Wildman–Crippen LogP) is 1.98. The van der Waals surface area contributed by atoms with E-state index in [1.807, 2.05) is 26.8 Å². The van der Waals surface area contributed by atoms with Crippen molar-refractivity contribution in [3.05, 3.63) is 35.9 Å². The zero-order valence-electron chi connectivity index (χ0n) is 12.4. The lowest BCUT2D eigenvalue weighted by atomic mass is 9.86. The molecule has 0 aliphatic carbocycles. The van der Waals surface area contributed by atoms with E-state index in [0.717, 1.165) is 5.01 Å². The minimum absolute atomic E-state index is 0.249. The standard InChI is InChI=1S/C15H22N2O3/c1-5-20-14(19)12(15(2,3)4)17(16)13(18)11-9-7-6-8-10-11/h6-10,12H,5,16H2,1-4H3. The number of esters is 1. The molecule has 5 heteroatoms. The summed E-state index contributed by atoms with van der Waals surface area (Å²) in [7, 11) is 0. The maximum atomic E-state index is 12.3. The fourth-order valence-corrected chi connectivity index (χ4v) is 1.95. The van der Waals surface area contributed by atoms with Gasteiger partial charge in [-0.2, -0.15) is 0 Å². The Balaban J connectivity index is 3.02. The van der Waals surface area contributed by atoms with Crippen molar-refractivity contribution < 1.29 is 14.3 Å². The van der Waals surface area contributed by atoms with Crippen LogP contribution >= 0.6 is 0 Å². The lowest BCUT2D eigenvalue weighted by Crippen LogP contribution is -2.56. The number of amides is 1. The van der Waals surface area contributed by atoms with Crippen molar-refractivity contribution in [1.82, 2.24) is 5.01 Å². The van der Waals surface area contributed by atoms with Gasteiger partial charge in [0.2, 0.25) is 0 Å². The van der Waals surface area contributed by atoms with Crippen LogP contribution in [0.25, 0.3) is 0 Å². The number of carbonyl (C=O) groups is 2. The lowest BCUT2D eigenvalue weighted by molar-refractivity contribution is -0.152. The van der Waals surface area contributed by atoms with Crippen molar-refractivity contribution in [3.63, 3.8) is 0 Å². The monoisotopic (exact) mass is 278 g/mol. The van der Waals surface area contributed by atoms with Crippen molar-refractivity contribution >= 4 is 11.9 Å². The highest BCUT2D eigenvalue weighted by atomic mass is 16.5. The Kier molecular flexibility index (Phi) is 5.27. The van der Waals surface area contributed by atoms with Crippen LogP contribution in [0, 0.1) is 5.41 Å². The molecule has 1 aromatic rings. The van der Waals surface area contributed by atoms with Crippen molar-refractivity contribution in [2.75, 3.05) is 6.61 Å². The van der Waals surface area contributed by atoms with Crippen molar-refractivity contribution in [3.8, 4) is 0 Å². The van der Waals surface area contributed by atoms with E-state index in [2.05, 4.69) is 0 Å². The number of ether oxygens (including phenoxy) is 1. The number of carbonyl (C=O) groups excluding carboxylic acids is 2. The molecule has 0 aromatic heterocycles. The molecule has 0 spiro atoms. The first-order chi connectivity index (χ1) is 9.29. The van der Waals surface area contributed by atoms with Crippen LogP contribution in [0.5, 0.6) is 0 Å². The van der Waals surface area contributed by atoms with Gasteiger partial charge in [-0.15, -0.1) is 0 Å². The summed E-state index contributed by atoms with van der Waals surface area (Å²) >= 11 is 0. The van der Waals surface area contributed by atoms with E-state index in [9.17, 15) is 9.59 Å². The molecule has 1 rings (SSSR count). The average molecular weight is 278 g/mol. The molecule has 20 heavy (non-hydrogen) atoms. The topological polar surface area (TPSA) is 72.6 Å². The Morgan fingerprint density at radius 1 is 1.25 bits per heavy atom. The van der Waals surface area contributed by atoms with Crippen molar-refractivity contribution in [2.45, 2.75) is 33.7 Å². The summed E-state index contributed by atoms with van der Waals surface area (Å²) < 4.78 is 5.02. The lowest BCUT2D eigenvalue weighted by Gasteiger charge is -2.35. The van der Waals surface area contributed by atoms with E-state index in [0.29, 0.717) is 5.56 Å². The highest BCUT2D eigenvalue weighted by Gasteiger charge is 2.39. The molecule has 1 atom stereocenters. The van der Waals surface area contributed by atoms with Crippen LogP contribution in [0.4, 0.5) is 0 Å². The molecule has 0 radical (unpaired) electrons. The maximum Gasteiger partial charge on any atom is 0.331 e. The van der Waals surface area contributed by atoms with E-state index in [-0.39, 0.29) is 6.61 Å². The van der Waals surface area contributed by atoms with Gasteiger partial charge in [0.25, 0.3) is 5.91 Å². The second-order valence-corrected chi connectivity index (χ2v) is 5.60. The molecule has 0 aliphatic heterocycles. The Bertz CT molecular complexity index is 466. The molecular weight excluding hydrogens is 256 g/mol. The van der Waals surface area contributed by atoms with E-state index >= 15 is 0 Å². The second kappa shape index (κ2) is 6.52. The molecule has 1 amide bonds. The van der Waals surface area contributed by atoms with Gasteiger partial charge >= 0.3 is 5.97 Å². The van der Waals surface area contributed by atoms with Crippen LogP contribution in [-0.2, 0) is 9.53 Å². The third-order valence-electron chi connectivity index (χ3n) is 2.86. The molecule has 0 aliphatic rings. The molecule has 1 unspecified atom stereocenters. The van der Waals surface area contributed by atoms with Gasteiger partial charge in [0, 0.05) is 5.56 Å². The Hall–Kier alpha value is -1.88. The average Bonchev–Trinajstić information content (AvgIpc) is 2.37. The molecule has 0 saturated carbocycles. The molecule has 0 bridgehead atoms. The number of benzene rings is 1. The molecule has 0 heterocycles. The second-order valence-electron chi connectivity index (χ2n) is 5.60. The Labute approximate surface area is 119 Å². The van der Waals surface area contributed by atoms with Gasteiger partial charge in [0.1, 0.15) is 0 Å². The van der Waals surface area contributed by atoms with Gasteiger partial charge in [-0.05, 0) is 24.5 Å². The van der Waals surface area contributed by atoms with Gasteiger partial charge < -0.3 is 4.74 Å². The molecule has 1 aromatic carbocycles. The highest BCUT2D eigenvalue weighted by molar-refractivity contribution is 5.96. The third kappa shape index (κ3) is 3.81. The van der Waals surface area contributed by atoms with E-state index in [4.69, 9.17) is 10.6 Å². The van der Waals surface area contributed by atoms with E-state index in [1.54, 1.807) is 31.2 Å². The summed E-state index contributed by atoms with van der Waals surface area (Å²) in [5, 5.41) is 0.966. The largest absolute Gasteiger partial charge is 0.464 e. The van der Waals surface area contributed by atoms with Crippen LogP contribution in [-0.4, -0.2) is 29.5 Å². The zero-order valence-corrected chi connectivity index (χ0v) is 12.4. The van der Waals surface area contributed by atoms with Crippen LogP contribution < -0.4 is 5.84 Å². The first kappa shape index (κ1) is 16.2. The number of hydrogen-bond donors (Lipinski definition) is 1. The number of nitrogens with zero attached hydrogens (tertiary/aromatic N) is 1. The van der Waals surface area contributed by atoms with Gasteiger partial charge in [0.05, 0.1) is 6.61 Å². The normalized spacial score (nSPS) is 12.7. The van der Waals surface area contributed by atoms with Crippen molar-refractivity contribution in [2.24, 2.45) is 11.3 Å². The number of nitrogens with two attached hydrogens (primary N) is 1. The van der Waals surface area contributed by atoms with Crippen LogP contribution in [0.15, 0.2) is 30.3 Å². The fraction of sp³-hybridized carbons (Fsp3) is 0.467. The van der Waals surface area contributed by atoms with Gasteiger partial charge in [-0.1, -0.05) is 39.0 Å². The first-order valence-corrected chi connectivity index (χ1v) is 6.59. The minimum Gasteiger partial charge on any atom is -0.464 e. The van der Waals surface area contributed by atoms with E-state index in [1.165, 1.54) is 0 Å². The smallest absolute Gasteiger partial charge is 0.331 e. The quantitative estimate of drug-likeness (QED) is 0.395. The van der Waals surface area contributed by atoms with Crippen molar-refractivity contribution in [1.29, 1.82) is 0 Å². The summed E-state index contributed by atoms with van der Waals surface area (Å²) in [5.74, 6) is 5.00. The van der Waals surface area contributed by atoms with Crippen LogP contribution in [0.3, 0.4) is 0 Å². The maximum absolute atomic E-state index is 12.3. The molecule has 5 nitrogen and oxygen atoms in total. The fourth-order valence-electron chi connectivity index (χ4n) is 1.95. The number of hydrazine groups is 1. The summed E-state index contributed by atoms with van der Waals surface area (Å²) in [6.07, 6.45) is 0. The van der Waals surface area contributed by atoms with E-state index < -0.39 is 23.3 Å². The van der Waals surface area contributed by atoms with Gasteiger partial charge in [0.15, 0.2) is 6.04 Å². The van der Waals surface area contributed by atoms with Crippen LogP contribution in [0.1, 0.15) is 38.1 Å². The Morgan fingerprint density at radius 2 is 1.80 bits per heavy atom. The molecule has 0 fully saturated rings. The SMILES string of the molecule is CCOC(=O)C(N(N)C(=O)c1ccccc1)C(C)(C)C.